The van der Waals surface area contributed by atoms with Crippen molar-refractivity contribution in [1.82, 2.24) is 3.80 Å². The van der Waals surface area contributed by atoms with E-state index in [1.165, 1.54) is 37.7 Å². The molecule has 1 saturated carbocycles. The molecule has 0 spiro atoms. The molecule has 127 valence electrons. The first-order valence-electron chi connectivity index (χ1n) is 8.38. The molecular weight excluding hydrogens is 365 g/mol. The van der Waals surface area contributed by atoms with Gasteiger partial charge in [-0.1, -0.05) is 0 Å². The molecule has 0 amide bonds. The minimum Gasteiger partial charge on any atom is -1.00 e. The van der Waals surface area contributed by atoms with Crippen LogP contribution in [0.5, 0.6) is 0 Å². The van der Waals surface area contributed by atoms with Gasteiger partial charge in [0, 0.05) is 0 Å². The summed E-state index contributed by atoms with van der Waals surface area (Å²) < 4.78 is 4.68. The molecule has 0 aromatic rings. The Balaban J connectivity index is 0.00000220. The van der Waals surface area contributed by atoms with Crippen LogP contribution in [0.4, 0.5) is 0 Å². The number of nitrogens with one attached hydrogen (secondary N) is 1. The number of hydrogen-bond donors (Lipinski definition) is 1. The maximum absolute atomic E-state index is 4.26. The predicted molar refractivity (Wildman–Crippen MR) is 89.4 cm³/mol. The summed E-state index contributed by atoms with van der Waals surface area (Å²) in [5.41, 5.74) is 4.78. The van der Waals surface area contributed by atoms with Crippen molar-refractivity contribution in [1.29, 1.82) is 0 Å². The fourth-order valence-electron chi connectivity index (χ4n) is 4.00. The molecule has 0 bridgehead atoms. The van der Waals surface area contributed by atoms with Gasteiger partial charge in [0.15, 0.2) is 0 Å². The van der Waals surface area contributed by atoms with Crippen molar-refractivity contribution < 1.29 is 42.2 Å². The Bertz CT molecular complexity index is 430. The van der Waals surface area contributed by atoms with Gasteiger partial charge in [0.05, 0.1) is 0 Å². The van der Waals surface area contributed by atoms with Crippen LogP contribution in [0, 0.1) is 0 Å². The zero-order chi connectivity index (χ0) is 14.9. The van der Waals surface area contributed by atoms with Gasteiger partial charge in [0.2, 0.25) is 0 Å². The molecule has 0 aromatic carbocycles. The number of rotatable bonds is 4. The second kappa shape index (κ2) is 9.44. The van der Waals surface area contributed by atoms with Gasteiger partial charge in [-0.3, -0.25) is 0 Å². The van der Waals surface area contributed by atoms with Gasteiger partial charge < -0.3 is 24.8 Å². The number of allylic oxidation sites excluding steroid dienone is 4. The Morgan fingerprint density at radius 2 is 1.64 bits per heavy atom. The average molecular weight is 397 g/mol. The van der Waals surface area contributed by atoms with E-state index >= 15 is 0 Å². The van der Waals surface area contributed by atoms with E-state index in [-0.39, 0.29) is 24.8 Å². The van der Waals surface area contributed by atoms with Crippen molar-refractivity contribution in [3.8, 4) is 0 Å². The third-order valence-electron chi connectivity index (χ3n) is 5.54. The van der Waals surface area contributed by atoms with Crippen LogP contribution >= 0.6 is 0 Å². The van der Waals surface area contributed by atoms with E-state index < -0.39 is 24.0 Å². The maximum atomic E-state index is 4.26. The van der Waals surface area contributed by atoms with Crippen LogP contribution in [-0.4, -0.2) is 12.7 Å². The summed E-state index contributed by atoms with van der Waals surface area (Å²) in [7, 11) is 0. The molecule has 0 saturated heterocycles. The van der Waals surface area contributed by atoms with Gasteiger partial charge >= 0.3 is 133 Å². The largest absolute Gasteiger partial charge is 1.00 e. The first-order chi connectivity index (χ1) is 9.36. The van der Waals surface area contributed by atoms with E-state index in [9.17, 15) is 0 Å². The predicted octanol–water partition coefficient (Wildman–Crippen LogP) is -1.09. The maximum Gasteiger partial charge on any atom is -1.00 e. The summed E-state index contributed by atoms with van der Waals surface area (Å²) in [6, 6.07) is 0.841. The van der Waals surface area contributed by atoms with Crippen LogP contribution in [0.25, 0.3) is 0 Å². The SMILES string of the molecule is CC1=C[C](C)([Ti+2]([NH]C2CCCCC2)[SiH](C)C)C(C)=C1C.[Cl-].[Cl-]. The van der Waals surface area contributed by atoms with Gasteiger partial charge in [-0.25, -0.2) is 0 Å². The van der Waals surface area contributed by atoms with E-state index in [1.54, 1.807) is 11.1 Å². The first-order valence-corrected chi connectivity index (χ1v) is 15.5. The van der Waals surface area contributed by atoms with E-state index in [0.29, 0.717) is 3.72 Å². The molecular formula is C17H32Cl2NSiTi. The molecule has 5 heteroatoms. The van der Waals surface area contributed by atoms with Gasteiger partial charge in [0.1, 0.15) is 0 Å². The topological polar surface area (TPSA) is 12.0 Å². The van der Waals surface area contributed by atoms with Crippen LogP contribution in [0.15, 0.2) is 22.8 Å². The molecule has 1 nitrogen and oxygen atoms in total. The Hall–Kier alpha value is 0.951. The van der Waals surface area contributed by atoms with E-state index in [1.807, 2.05) is 0 Å². The second-order valence-electron chi connectivity index (χ2n) is 7.33. The zero-order valence-electron chi connectivity index (χ0n) is 15.0. The summed E-state index contributed by atoms with van der Waals surface area (Å²) in [6.07, 6.45) is 9.83. The molecule has 2 rings (SSSR count). The Morgan fingerprint density at radius 1 is 1.09 bits per heavy atom. The second-order valence-corrected chi connectivity index (χ2v) is 20.8. The first kappa shape index (κ1) is 23.0. The molecule has 1 atom stereocenters. The van der Waals surface area contributed by atoms with Crippen molar-refractivity contribution in [2.75, 3.05) is 0 Å². The van der Waals surface area contributed by atoms with E-state index in [0.717, 1.165) is 6.04 Å². The number of hydrogen-bond acceptors (Lipinski definition) is 1. The molecule has 1 fully saturated rings. The third kappa shape index (κ3) is 4.74. The van der Waals surface area contributed by atoms with Gasteiger partial charge in [-0.15, -0.1) is 0 Å². The summed E-state index contributed by atoms with van der Waals surface area (Å²) >= 11 is -1.25. The Morgan fingerprint density at radius 3 is 2.05 bits per heavy atom. The van der Waals surface area contributed by atoms with Crippen molar-refractivity contribution >= 4 is 6.66 Å². The normalized spacial score (nSPS) is 25.7. The third-order valence-corrected chi connectivity index (χ3v) is 18.9. The summed E-state index contributed by atoms with van der Waals surface area (Å²) in [6.45, 7) is 14.1. The monoisotopic (exact) mass is 396 g/mol. The minimum absolute atomic E-state index is 0. The molecule has 0 aromatic heterocycles. The quantitative estimate of drug-likeness (QED) is 0.595. The van der Waals surface area contributed by atoms with Crippen LogP contribution in [-0.2, 0) is 17.4 Å². The van der Waals surface area contributed by atoms with E-state index in [4.69, 9.17) is 0 Å². The molecule has 1 N–H and O–H groups in total. The van der Waals surface area contributed by atoms with Crippen molar-refractivity contribution in [3.05, 3.63) is 22.8 Å². The summed E-state index contributed by atoms with van der Waals surface area (Å²) in [5, 5.41) is 0. The van der Waals surface area contributed by atoms with Gasteiger partial charge in [-0.2, -0.15) is 0 Å². The minimum atomic E-state index is -1.25. The molecule has 0 radical (unpaired) electrons. The van der Waals surface area contributed by atoms with Crippen molar-refractivity contribution in [2.45, 2.75) is 82.7 Å². The molecule has 0 aliphatic heterocycles. The standard InChI is InChI=1S/C9H13.C6H12N.C2H7Si.2ClH.Ti/c1-6-5-7(2)9(4)8(6)3;7-6-4-2-1-3-5-6;1-3-2;;;/h5H,1-4H3;6-7H,1-5H2;3H,1-2H3;2*1H;/q;-1;;;;+3/p-2. The smallest absolute Gasteiger partial charge is 1.00 e. The van der Waals surface area contributed by atoms with Crippen LogP contribution < -0.4 is 28.6 Å². The molecule has 2 aliphatic carbocycles. The summed E-state index contributed by atoms with van der Waals surface area (Å²) in [5.74, 6) is 0. The fraction of sp³-hybridized carbons (Fsp3) is 0.765. The van der Waals surface area contributed by atoms with Crippen molar-refractivity contribution in [2.24, 2.45) is 0 Å². The Kier molecular flexibility index (Phi) is 9.85. The number of halogens is 2. The van der Waals surface area contributed by atoms with Gasteiger partial charge in [-0.05, 0) is 0 Å². The molecule has 1 unspecified atom stereocenters. The van der Waals surface area contributed by atoms with Gasteiger partial charge in [0.25, 0.3) is 0 Å². The molecule has 22 heavy (non-hydrogen) atoms. The molecule has 2 aliphatic rings. The Labute approximate surface area is 157 Å². The van der Waals surface area contributed by atoms with E-state index in [2.05, 4.69) is 50.7 Å². The van der Waals surface area contributed by atoms with Crippen LogP contribution in [0.3, 0.4) is 0 Å². The zero-order valence-corrected chi connectivity index (χ0v) is 19.3. The van der Waals surface area contributed by atoms with Crippen LogP contribution in [0.1, 0.15) is 59.8 Å². The summed E-state index contributed by atoms with van der Waals surface area (Å²) in [4.78, 5) is 0. The average Bonchev–Trinajstić information content (AvgIpc) is 2.61. The fourth-order valence-corrected chi connectivity index (χ4v) is 18.0. The molecule has 0 heterocycles. The van der Waals surface area contributed by atoms with Crippen molar-refractivity contribution in [3.63, 3.8) is 0 Å². The van der Waals surface area contributed by atoms with Crippen LogP contribution in [0.2, 0.25) is 16.8 Å².